The predicted octanol–water partition coefficient (Wildman–Crippen LogP) is 3.83. The first-order chi connectivity index (χ1) is 14.7. The summed E-state index contributed by atoms with van der Waals surface area (Å²) in [6.07, 6.45) is 7.00. The third-order valence-electron chi connectivity index (χ3n) is 6.87. The van der Waals surface area contributed by atoms with Gasteiger partial charge >= 0.3 is 0 Å². The van der Waals surface area contributed by atoms with Crippen LogP contribution in [0.25, 0.3) is 11.1 Å². The monoisotopic (exact) mass is 401 g/mol. The van der Waals surface area contributed by atoms with E-state index < -0.39 is 0 Å². The number of fused-ring (bicyclic) bond motifs is 2. The molecule has 2 fully saturated rings. The summed E-state index contributed by atoms with van der Waals surface area (Å²) in [5.41, 5.74) is 10.2. The lowest BCUT2D eigenvalue weighted by Crippen LogP contribution is -2.49. The minimum absolute atomic E-state index is 0.133. The van der Waals surface area contributed by atoms with Crippen molar-refractivity contribution in [2.24, 2.45) is 5.73 Å². The zero-order valence-corrected chi connectivity index (χ0v) is 16.7. The molecule has 30 heavy (non-hydrogen) atoms. The van der Waals surface area contributed by atoms with E-state index in [1.165, 1.54) is 30.2 Å². The summed E-state index contributed by atoms with van der Waals surface area (Å²) in [6, 6.07) is 15.6. The fourth-order valence-electron chi connectivity index (χ4n) is 5.33. The van der Waals surface area contributed by atoms with Gasteiger partial charge in [-0.05, 0) is 37.0 Å². The largest absolute Gasteiger partial charge is 0.326 e. The van der Waals surface area contributed by atoms with E-state index in [4.69, 9.17) is 15.7 Å². The van der Waals surface area contributed by atoms with Crippen molar-refractivity contribution in [3.05, 3.63) is 72.3 Å². The van der Waals surface area contributed by atoms with E-state index in [2.05, 4.69) is 34.1 Å². The van der Waals surface area contributed by atoms with Crippen molar-refractivity contribution in [2.45, 2.75) is 36.9 Å². The summed E-state index contributed by atoms with van der Waals surface area (Å²) in [5.74, 6) is 0.401. The number of para-hydroxylation sites is 1. The van der Waals surface area contributed by atoms with Crippen LogP contribution in [0.15, 0.2) is 60.9 Å². The smallest absolute Gasteiger partial charge is 0.231 e. The molecule has 1 aliphatic carbocycles. The van der Waals surface area contributed by atoms with E-state index in [1.807, 2.05) is 6.07 Å². The van der Waals surface area contributed by atoms with Gasteiger partial charge in [0.05, 0.1) is 6.17 Å². The van der Waals surface area contributed by atoms with Crippen LogP contribution in [0, 0.1) is 5.82 Å². The van der Waals surface area contributed by atoms with Crippen LogP contribution in [0.5, 0.6) is 0 Å². The number of hydrogen-bond donors (Lipinski definition) is 1. The number of benzene rings is 2. The first kappa shape index (κ1) is 18.0. The number of aromatic nitrogens is 2. The summed E-state index contributed by atoms with van der Waals surface area (Å²) in [6.45, 7) is 1.88. The predicted molar refractivity (Wildman–Crippen MR) is 115 cm³/mol. The Balaban J connectivity index is 1.43. The van der Waals surface area contributed by atoms with Gasteiger partial charge < -0.3 is 5.73 Å². The van der Waals surface area contributed by atoms with Crippen LogP contribution >= 0.6 is 0 Å². The summed E-state index contributed by atoms with van der Waals surface area (Å²) >= 11 is 0. The highest BCUT2D eigenvalue weighted by atomic mass is 19.1. The van der Waals surface area contributed by atoms with Crippen LogP contribution in [0.1, 0.15) is 24.8 Å². The average molecular weight is 401 g/mol. The molecule has 3 aromatic rings. The third kappa shape index (κ3) is 2.60. The Kier molecular flexibility index (Phi) is 3.95. The summed E-state index contributed by atoms with van der Waals surface area (Å²) < 4.78 is 14.2. The van der Waals surface area contributed by atoms with Crippen molar-refractivity contribution in [3.63, 3.8) is 0 Å². The van der Waals surface area contributed by atoms with Gasteiger partial charge in [0, 0.05) is 53.8 Å². The third-order valence-corrected chi connectivity index (χ3v) is 6.87. The van der Waals surface area contributed by atoms with Crippen LogP contribution in [0.2, 0.25) is 0 Å². The van der Waals surface area contributed by atoms with E-state index in [9.17, 15) is 4.39 Å². The van der Waals surface area contributed by atoms with Gasteiger partial charge in [0.25, 0.3) is 0 Å². The molecular weight excluding hydrogens is 377 g/mol. The fourth-order valence-corrected chi connectivity index (χ4v) is 5.33. The fraction of sp³-hybridized carbons (Fsp3) is 0.333. The first-order valence-electron chi connectivity index (χ1n) is 10.6. The lowest BCUT2D eigenvalue weighted by atomic mass is 9.95. The van der Waals surface area contributed by atoms with Crippen LogP contribution in [0.4, 0.5) is 16.0 Å². The van der Waals surface area contributed by atoms with Crippen LogP contribution in [0.3, 0.4) is 0 Å². The molecule has 0 amide bonds. The standard InChI is InChI=1S/C24H24FN5/c25-20-7-3-1-5-18(20)16-13-27-23(28-14-16)30-21-8-4-2-6-19(21)24(10-11-24)22(30)29-12-9-17(26)15-29/h1-8,13-14,17,22H,9-12,15,26H2/t17-,22?/m0/s1. The van der Waals surface area contributed by atoms with Crippen molar-refractivity contribution >= 4 is 11.6 Å². The summed E-state index contributed by atoms with van der Waals surface area (Å²) in [7, 11) is 0. The highest BCUT2D eigenvalue weighted by Crippen LogP contribution is 2.62. The molecule has 2 aromatic carbocycles. The molecule has 1 spiro atoms. The maximum Gasteiger partial charge on any atom is 0.231 e. The number of rotatable bonds is 3. The van der Waals surface area contributed by atoms with Crippen LogP contribution in [-0.4, -0.2) is 40.2 Å². The highest BCUT2D eigenvalue weighted by molar-refractivity contribution is 5.73. The minimum atomic E-state index is -0.263. The van der Waals surface area contributed by atoms with Gasteiger partial charge in [0.2, 0.25) is 5.95 Å². The molecule has 5 nitrogen and oxygen atoms in total. The van der Waals surface area contributed by atoms with E-state index >= 15 is 0 Å². The lowest BCUT2D eigenvalue weighted by molar-refractivity contribution is 0.210. The number of anilines is 2. The van der Waals surface area contributed by atoms with E-state index in [0.717, 1.165) is 19.5 Å². The molecular formula is C24H24FN5. The molecule has 2 atom stereocenters. The second-order valence-electron chi connectivity index (χ2n) is 8.71. The maximum atomic E-state index is 14.2. The lowest BCUT2D eigenvalue weighted by Gasteiger charge is -2.36. The molecule has 152 valence electrons. The Morgan fingerprint density at radius 3 is 2.43 bits per heavy atom. The molecule has 3 heterocycles. The minimum Gasteiger partial charge on any atom is -0.326 e. The van der Waals surface area contributed by atoms with Gasteiger partial charge in [-0.2, -0.15) is 0 Å². The molecule has 0 radical (unpaired) electrons. The molecule has 3 aliphatic rings. The molecule has 6 heteroatoms. The Bertz CT molecular complexity index is 1090. The SMILES string of the molecule is N[C@H]1CCN(C2N(c3ncc(-c4ccccc4F)cn3)c3ccccc3C23CC3)C1. The van der Waals surface area contributed by atoms with Gasteiger partial charge in [0.1, 0.15) is 5.82 Å². The molecule has 2 N–H and O–H groups in total. The van der Waals surface area contributed by atoms with Crippen molar-refractivity contribution < 1.29 is 4.39 Å². The van der Waals surface area contributed by atoms with Crippen LogP contribution in [-0.2, 0) is 5.41 Å². The molecule has 1 saturated carbocycles. The van der Waals surface area contributed by atoms with E-state index in [1.54, 1.807) is 24.5 Å². The van der Waals surface area contributed by atoms with Gasteiger partial charge in [-0.1, -0.05) is 36.4 Å². The molecule has 1 aromatic heterocycles. The number of hydrogen-bond acceptors (Lipinski definition) is 5. The summed E-state index contributed by atoms with van der Waals surface area (Å²) in [5, 5.41) is 0. The van der Waals surface area contributed by atoms with Gasteiger partial charge in [-0.15, -0.1) is 0 Å². The van der Waals surface area contributed by atoms with Crippen molar-refractivity contribution in [1.29, 1.82) is 0 Å². The Morgan fingerprint density at radius 2 is 1.73 bits per heavy atom. The van der Waals surface area contributed by atoms with Gasteiger partial charge in [0.15, 0.2) is 0 Å². The van der Waals surface area contributed by atoms with Gasteiger partial charge in [-0.3, -0.25) is 9.80 Å². The molecule has 1 saturated heterocycles. The number of nitrogens with two attached hydrogens (primary N) is 1. The second-order valence-corrected chi connectivity index (χ2v) is 8.71. The first-order valence-corrected chi connectivity index (χ1v) is 10.6. The zero-order valence-electron chi connectivity index (χ0n) is 16.7. The average Bonchev–Trinajstić information content (AvgIpc) is 3.37. The Labute approximate surface area is 175 Å². The molecule has 2 aliphatic heterocycles. The summed E-state index contributed by atoms with van der Waals surface area (Å²) in [4.78, 5) is 14.2. The number of likely N-dealkylation sites (tertiary alicyclic amines) is 1. The zero-order chi connectivity index (χ0) is 20.3. The van der Waals surface area contributed by atoms with Crippen molar-refractivity contribution in [1.82, 2.24) is 14.9 Å². The normalized spacial score (nSPS) is 24.4. The molecule has 0 bridgehead atoms. The van der Waals surface area contributed by atoms with E-state index in [-0.39, 0.29) is 23.4 Å². The molecule has 1 unspecified atom stereocenters. The number of halogens is 1. The van der Waals surface area contributed by atoms with Crippen molar-refractivity contribution in [2.75, 3.05) is 18.0 Å². The Hall–Kier alpha value is -2.83. The topological polar surface area (TPSA) is 58.3 Å². The molecule has 6 rings (SSSR count). The second kappa shape index (κ2) is 6.59. The van der Waals surface area contributed by atoms with Crippen LogP contribution < -0.4 is 10.6 Å². The van der Waals surface area contributed by atoms with Crippen molar-refractivity contribution in [3.8, 4) is 11.1 Å². The quantitative estimate of drug-likeness (QED) is 0.723. The van der Waals surface area contributed by atoms with Gasteiger partial charge in [-0.25, -0.2) is 14.4 Å². The van der Waals surface area contributed by atoms with E-state index in [0.29, 0.717) is 17.1 Å². The maximum absolute atomic E-state index is 14.2. The Morgan fingerprint density at radius 1 is 1.00 bits per heavy atom. The highest BCUT2D eigenvalue weighted by Gasteiger charge is 2.61. The number of nitrogens with zero attached hydrogens (tertiary/aromatic N) is 4.